The van der Waals surface area contributed by atoms with Crippen LogP contribution >= 0.6 is 11.3 Å². The average Bonchev–Trinajstić information content (AvgIpc) is 3.55. The first-order chi connectivity index (χ1) is 24.5. The highest BCUT2D eigenvalue weighted by atomic mass is 32.1. The predicted molar refractivity (Wildman–Crippen MR) is 197 cm³/mol. The van der Waals surface area contributed by atoms with E-state index in [-0.39, 0.29) is 49.6 Å². The van der Waals surface area contributed by atoms with Gasteiger partial charge in [0.15, 0.2) is 11.2 Å². The number of likely N-dealkylation sites (N-methyl/N-ethyl adjacent to an activating group) is 1. The van der Waals surface area contributed by atoms with Crippen LogP contribution in [0.25, 0.3) is 0 Å². The lowest BCUT2D eigenvalue weighted by Crippen LogP contribution is -2.51. The Bertz CT molecular complexity index is 1390. The number of anilines is 1. The van der Waals surface area contributed by atoms with Gasteiger partial charge in [-0.1, -0.05) is 57.4 Å². The molecule has 2 aromatic rings. The van der Waals surface area contributed by atoms with E-state index in [1.54, 1.807) is 42.3 Å². The summed E-state index contributed by atoms with van der Waals surface area (Å²) in [7, 11) is 1.74. The van der Waals surface area contributed by atoms with E-state index in [2.05, 4.69) is 9.97 Å². The van der Waals surface area contributed by atoms with E-state index in [4.69, 9.17) is 10.5 Å². The van der Waals surface area contributed by atoms with Gasteiger partial charge in [-0.2, -0.15) is 0 Å². The Morgan fingerprint density at radius 2 is 1.61 bits per heavy atom. The fourth-order valence-electron chi connectivity index (χ4n) is 7.30. The first-order valence-corrected chi connectivity index (χ1v) is 19.7. The van der Waals surface area contributed by atoms with E-state index in [0.29, 0.717) is 42.7 Å². The fraction of sp³-hybridized carbons (Fsp3) is 0.684. The van der Waals surface area contributed by atoms with Crippen LogP contribution in [-0.2, 0) is 36.9 Å². The van der Waals surface area contributed by atoms with Crippen molar-refractivity contribution in [3.8, 4) is 0 Å². The number of carbonyl (C=O) groups excluding carboxylic acids is 4. The summed E-state index contributed by atoms with van der Waals surface area (Å²) in [5.74, 6) is -1.04. The number of aliphatic hydroxyl groups is 1. The van der Waals surface area contributed by atoms with Crippen molar-refractivity contribution in [2.75, 3.05) is 32.4 Å². The summed E-state index contributed by atoms with van der Waals surface area (Å²) in [5, 5.41) is 13.6. The summed E-state index contributed by atoms with van der Waals surface area (Å²) in [5.41, 5.74) is 7.37. The molecule has 2 aromatic heterocycles. The lowest BCUT2D eigenvalue weighted by atomic mass is 9.83. The quantitative estimate of drug-likeness (QED) is 0.202. The van der Waals surface area contributed by atoms with Crippen molar-refractivity contribution in [3.05, 3.63) is 41.2 Å². The molecule has 3 N–H and O–H groups in total. The topological polar surface area (TPSA) is 159 Å². The second-order valence-corrected chi connectivity index (χ2v) is 15.5. The van der Waals surface area contributed by atoms with Crippen molar-refractivity contribution in [1.82, 2.24) is 24.7 Å². The Morgan fingerprint density at radius 3 is 2.22 bits per heavy atom. The van der Waals surface area contributed by atoms with Crippen LogP contribution in [0.3, 0.4) is 0 Å². The first kappa shape index (κ1) is 40.2. The largest absolute Gasteiger partial charge is 0.461 e. The number of esters is 1. The lowest BCUT2D eigenvalue weighted by Gasteiger charge is -2.37. The molecule has 51 heavy (non-hydrogen) atoms. The van der Waals surface area contributed by atoms with Crippen molar-refractivity contribution in [3.63, 3.8) is 0 Å². The van der Waals surface area contributed by atoms with Crippen LogP contribution in [0.4, 0.5) is 5.13 Å². The van der Waals surface area contributed by atoms with Crippen LogP contribution in [0.2, 0.25) is 0 Å². The van der Waals surface area contributed by atoms with E-state index >= 15 is 0 Å². The molecule has 2 heterocycles. The number of ether oxygens (including phenoxy) is 1. The van der Waals surface area contributed by atoms with Gasteiger partial charge < -0.3 is 30.3 Å². The summed E-state index contributed by atoms with van der Waals surface area (Å²) in [6, 6.07) is 4.83. The Morgan fingerprint density at radius 1 is 0.941 bits per heavy atom. The zero-order chi connectivity index (χ0) is 36.8. The minimum absolute atomic E-state index is 0.0372. The average molecular weight is 727 g/mol. The highest BCUT2D eigenvalue weighted by Gasteiger charge is 2.38. The number of nitrogens with zero attached hydrogens (tertiary/aromatic N) is 5. The molecule has 0 aromatic carbocycles. The second-order valence-electron chi connectivity index (χ2n) is 14.6. The maximum atomic E-state index is 14.2. The van der Waals surface area contributed by atoms with Crippen molar-refractivity contribution >= 4 is 40.2 Å². The fourth-order valence-corrected chi connectivity index (χ4v) is 7.85. The molecular formula is C38H58N6O6S. The van der Waals surface area contributed by atoms with E-state index in [1.807, 2.05) is 18.2 Å². The number of aliphatic hydroxyl groups excluding tert-OH is 1. The smallest absolute Gasteiger partial charge is 0.337 e. The van der Waals surface area contributed by atoms with Gasteiger partial charge in [0.1, 0.15) is 0 Å². The maximum absolute atomic E-state index is 14.2. The van der Waals surface area contributed by atoms with E-state index in [1.165, 1.54) is 22.7 Å². The molecule has 2 atom stereocenters. The Hall–Kier alpha value is -3.58. The number of carbonyl (C=O) groups is 4. The van der Waals surface area contributed by atoms with Crippen molar-refractivity contribution in [1.29, 1.82) is 0 Å². The van der Waals surface area contributed by atoms with Gasteiger partial charge in [-0.15, -0.1) is 11.3 Å². The van der Waals surface area contributed by atoms with Gasteiger partial charge >= 0.3 is 5.97 Å². The number of nitrogens with two attached hydrogens (primary N) is 1. The van der Waals surface area contributed by atoms with Crippen molar-refractivity contribution in [2.24, 2.45) is 11.8 Å². The van der Waals surface area contributed by atoms with Gasteiger partial charge in [0, 0.05) is 56.7 Å². The third-order valence-corrected chi connectivity index (χ3v) is 10.9. The molecule has 282 valence electrons. The molecule has 0 aliphatic heterocycles. The monoisotopic (exact) mass is 726 g/mol. The summed E-state index contributed by atoms with van der Waals surface area (Å²) >= 11 is 1.25. The number of aromatic nitrogens is 2. The van der Waals surface area contributed by atoms with Crippen molar-refractivity contribution < 1.29 is 29.0 Å². The number of hydrogen-bond acceptors (Lipinski definition) is 10. The molecule has 0 spiro atoms. The van der Waals surface area contributed by atoms with E-state index in [9.17, 15) is 24.3 Å². The number of hydrogen-bond donors (Lipinski definition) is 2. The molecular weight excluding hydrogens is 669 g/mol. The number of amides is 3. The van der Waals surface area contributed by atoms with Gasteiger partial charge in [-0.05, 0) is 57.1 Å². The van der Waals surface area contributed by atoms with Gasteiger partial charge in [0.25, 0.3) is 0 Å². The Labute approximate surface area is 307 Å². The number of pyridine rings is 1. The summed E-state index contributed by atoms with van der Waals surface area (Å²) < 4.78 is 5.41. The molecule has 2 fully saturated rings. The third kappa shape index (κ3) is 13.2. The number of thiazole rings is 1. The molecule has 2 aliphatic carbocycles. The number of rotatable bonds is 18. The molecule has 12 nitrogen and oxygen atoms in total. The van der Waals surface area contributed by atoms with Crippen LogP contribution < -0.4 is 5.73 Å². The lowest BCUT2D eigenvalue weighted by molar-refractivity contribution is -0.164. The maximum Gasteiger partial charge on any atom is 0.337 e. The number of nitrogen functional groups attached to an aromatic ring is 1. The highest BCUT2D eigenvalue weighted by molar-refractivity contribution is 7.13. The molecule has 0 bridgehead atoms. The van der Waals surface area contributed by atoms with Gasteiger partial charge in [-0.3, -0.25) is 19.4 Å². The zero-order valence-corrected chi connectivity index (χ0v) is 31.5. The standard InChI is InChI=1S/C38H58N6O6S/c1-27(2)50-37(49)36(48)32(22-28-12-6-4-7-13-28)44(24-31-26-51-38(39)41-31)34(46)18-17-33(45)43(23-29-14-8-5-9-15-29)25-35(47)42(3)21-19-30-16-10-11-20-40-30/h10-11,16,20,26-29,32,36,48H,4-9,12-15,17-19,21-25H2,1-3H3,(H2,39,41)/t32-,36+/m0/s1. The summed E-state index contributed by atoms with van der Waals surface area (Å²) in [6.07, 6.45) is 11.1. The second kappa shape index (κ2) is 20.5. The molecule has 4 rings (SSSR count). The summed E-state index contributed by atoms with van der Waals surface area (Å²) in [4.78, 5) is 68.1. The molecule has 0 unspecified atom stereocenters. The molecule has 13 heteroatoms. The van der Waals surface area contributed by atoms with Gasteiger partial charge in [0.05, 0.1) is 30.9 Å². The van der Waals surface area contributed by atoms with Crippen molar-refractivity contribution in [2.45, 2.75) is 129 Å². The van der Waals surface area contributed by atoms with E-state index in [0.717, 1.165) is 63.5 Å². The molecule has 2 saturated carbocycles. The van der Waals surface area contributed by atoms with Crippen LogP contribution in [0.15, 0.2) is 29.8 Å². The van der Waals surface area contributed by atoms with E-state index < -0.39 is 24.2 Å². The third-order valence-electron chi connectivity index (χ3n) is 10.2. The summed E-state index contributed by atoms with van der Waals surface area (Å²) in [6.45, 7) is 4.35. The molecule has 0 saturated heterocycles. The minimum Gasteiger partial charge on any atom is -0.461 e. The minimum atomic E-state index is -1.56. The molecule has 2 aliphatic rings. The first-order valence-electron chi connectivity index (χ1n) is 18.8. The van der Waals surface area contributed by atoms with Gasteiger partial charge in [0.2, 0.25) is 17.7 Å². The molecule has 3 amide bonds. The highest BCUT2D eigenvalue weighted by Crippen LogP contribution is 2.31. The Kier molecular flexibility index (Phi) is 16.1. The SMILES string of the molecule is CC(C)OC(=O)[C@H](O)[C@H](CC1CCCCC1)N(Cc1csc(N)n1)C(=O)CCC(=O)N(CC(=O)N(C)CCc1ccccn1)CC1CCCCC1. The van der Waals surface area contributed by atoms with Crippen LogP contribution in [0, 0.1) is 11.8 Å². The molecule has 0 radical (unpaired) electrons. The van der Waals surface area contributed by atoms with Gasteiger partial charge in [-0.25, -0.2) is 9.78 Å². The van der Waals surface area contributed by atoms with Crippen LogP contribution in [0.1, 0.15) is 109 Å². The van der Waals surface area contributed by atoms with Crippen LogP contribution in [-0.4, -0.2) is 98.4 Å². The normalized spacial score (nSPS) is 16.7. The predicted octanol–water partition coefficient (Wildman–Crippen LogP) is 4.99. The Balaban J connectivity index is 1.50. The zero-order valence-electron chi connectivity index (χ0n) is 30.7. The van der Waals surface area contributed by atoms with Crippen LogP contribution in [0.5, 0.6) is 0 Å².